The van der Waals surface area contributed by atoms with Gasteiger partial charge in [-0.25, -0.2) is 0 Å². The van der Waals surface area contributed by atoms with Crippen LogP contribution in [0.3, 0.4) is 0 Å². The Labute approximate surface area is 206 Å². The van der Waals surface area contributed by atoms with Gasteiger partial charge in [0.1, 0.15) is 6.04 Å². The Balaban J connectivity index is 1.72. The van der Waals surface area contributed by atoms with Crippen LogP contribution in [-0.2, 0) is 30.4 Å². The van der Waals surface area contributed by atoms with Crippen molar-refractivity contribution in [3.63, 3.8) is 0 Å². The smallest absolute Gasteiger partial charge is 0.253 e. The molecule has 35 heavy (non-hydrogen) atoms. The van der Waals surface area contributed by atoms with E-state index in [1.807, 2.05) is 39.0 Å². The number of hydrogen-bond acceptors (Lipinski definition) is 5. The third-order valence-corrected chi connectivity index (χ3v) is 5.88. The summed E-state index contributed by atoms with van der Waals surface area (Å²) in [6, 6.07) is 4.94. The molecule has 1 heterocycles. The van der Waals surface area contributed by atoms with Gasteiger partial charge in [0.25, 0.3) is 11.8 Å². The SMILES string of the molecule is CCc1ccc(NC(=O)CNC(=O)C(NC(=O)CCCCCN2C(=O)C=CC2=O)C(C)C)cc1C. The molecule has 2 rings (SSSR count). The minimum absolute atomic E-state index is 0.161. The quantitative estimate of drug-likeness (QED) is 0.293. The van der Waals surface area contributed by atoms with Crippen LogP contribution in [0.25, 0.3) is 0 Å². The number of unbranched alkanes of at least 4 members (excludes halogenated alkanes) is 2. The Bertz CT molecular complexity index is 968. The van der Waals surface area contributed by atoms with Crippen molar-refractivity contribution in [1.29, 1.82) is 0 Å². The molecule has 1 aromatic rings. The lowest BCUT2D eigenvalue weighted by atomic mass is 10.0. The van der Waals surface area contributed by atoms with Crippen molar-refractivity contribution in [2.24, 2.45) is 5.92 Å². The topological polar surface area (TPSA) is 125 Å². The third-order valence-electron chi connectivity index (χ3n) is 5.88. The van der Waals surface area contributed by atoms with E-state index in [1.54, 1.807) is 0 Å². The zero-order valence-electron chi connectivity index (χ0n) is 21.0. The first-order chi connectivity index (χ1) is 16.6. The number of nitrogens with zero attached hydrogens (tertiary/aromatic N) is 1. The van der Waals surface area contributed by atoms with Crippen LogP contribution in [0.1, 0.15) is 57.6 Å². The summed E-state index contributed by atoms with van der Waals surface area (Å²) in [4.78, 5) is 61.5. The van der Waals surface area contributed by atoms with E-state index in [4.69, 9.17) is 0 Å². The standard InChI is InChI=1S/C26H36N4O5/c1-5-19-10-11-20(15-18(19)4)28-22(32)16-27-26(35)25(17(2)3)29-21(31)9-7-6-8-14-30-23(33)12-13-24(30)34/h10-13,15,17,25H,5-9,14,16H2,1-4H3,(H,27,35)(H,28,32)(H,29,31). The summed E-state index contributed by atoms with van der Waals surface area (Å²) in [5.74, 6) is -1.80. The predicted octanol–water partition coefficient (Wildman–Crippen LogP) is 2.24. The average Bonchev–Trinajstić information content (AvgIpc) is 3.12. The Morgan fingerprint density at radius 3 is 2.26 bits per heavy atom. The second-order valence-electron chi connectivity index (χ2n) is 9.02. The molecule has 0 aromatic heterocycles. The maximum Gasteiger partial charge on any atom is 0.253 e. The summed E-state index contributed by atoms with van der Waals surface area (Å²) in [6.07, 6.45) is 5.49. The Kier molecular flexibility index (Phi) is 10.6. The number of imide groups is 1. The highest BCUT2D eigenvalue weighted by molar-refractivity contribution is 6.12. The van der Waals surface area contributed by atoms with E-state index in [2.05, 4.69) is 22.9 Å². The molecule has 1 aromatic carbocycles. The first-order valence-electron chi connectivity index (χ1n) is 12.1. The lowest BCUT2D eigenvalue weighted by molar-refractivity contribution is -0.137. The second-order valence-corrected chi connectivity index (χ2v) is 9.02. The zero-order chi connectivity index (χ0) is 26.0. The van der Waals surface area contributed by atoms with Gasteiger partial charge in [-0.15, -0.1) is 0 Å². The summed E-state index contributed by atoms with van der Waals surface area (Å²) in [6.45, 7) is 7.82. The fourth-order valence-corrected chi connectivity index (χ4v) is 3.82. The van der Waals surface area contributed by atoms with Crippen molar-refractivity contribution in [3.8, 4) is 0 Å². The van der Waals surface area contributed by atoms with Crippen LogP contribution in [0.2, 0.25) is 0 Å². The molecule has 0 saturated carbocycles. The van der Waals surface area contributed by atoms with E-state index in [9.17, 15) is 24.0 Å². The second kappa shape index (κ2) is 13.4. The van der Waals surface area contributed by atoms with E-state index < -0.39 is 11.9 Å². The van der Waals surface area contributed by atoms with Gasteiger partial charge < -0.3 is 16.0 Å². The molecule has 3 N–H and O–H groups in total. The number of amides is 5. The molecule has 0 radical (unpaired) electrons. The van der Waals surface area contributed by atoms with Crippen LogP contribution in [-0.4, -0.2) is 53.6 Å². The molecule has 9 heteroatoms. The number of rotatable bonds is 13. The van der Waals surface area contributed by atoms with Gasteiger partial charge in [0.2, 0.25) is 17.7 Å². The molecule has 1 atom stereocenters. The molecule has 0 spiro atoms. The fraction of sp³-hybridized carbons (Fsp3) is 0.500. The number of anilines is 1. The van der Waals surface area contributed by atoms with Gasteiger partial charge in [-0.05, 0) is 55.4 Å². The molecule has 0 saturated heterocycles. The maximum absolute atomic E-state index is 12.6. The van der Waals surface area contributed by atoms with Crippen LogP contribution in [0.4, 0.5) is 5.69 Å². The minimum Gasteiger partial charge on any atom is -0.345 e. The van der Waals surface area contributed by atoms with Crippen LogP contribution in [0.5, 0.6) is 0 Å². The van der Waals surface area contributed by atoms with Gasteiger partial charge in [-0.1, -0.05) is 33.3 Å². The van der Waals surface area contributed by atoms with Crippen molar-refractivity contribution in [1.82, 2.24) is 15.5 Å². The summed E-state index contributed by atoms with van der Waals surface area (Å²) in [7, 11) is 0. The average molecular weight is 485 g/mol. The van der Waals surface area contributed by atoms with E-state index in [1.165, 1.54) is 22.6 Å². The number of aryl methyl sites for hydroxylation is 2. The molecule has 190 valence electrons. The highest BCUT2D eigenvalue weighted by atomic mass is 16.2. The number of carbonyl (C=O) groups excluding carboxylic acids is 5. The van der Waals surface area contributed by atoms with Crippen LogP contribution >= 0.6 is 0 Å². The molecule has 9 nitrogen and oxygen atoms in total. The summed E-state index contributed by atoms with van der Waals surface area (Å²) < 4.78 is 0. The van der Waals surface area contributed by atoms with Crippen molar-refractivity contribution in [3.05, 3.63) is 41.5 Å². The monoisotopic (exact) mass is 484 g/mol. The van der Waals surface area contributed by atoms with Gasteiger partial charge in [0.15, 0.2) is 0 Å². The van der Waals surface area contributed by atoms with Crippen LogP contribution < -0.4 is 16.0 Å². The molecule has 1 aliphatic rings. The molecule has 5 amide bonds. The lowest BCUT2D eigenvalue weighted by Gasteiger charge is -2.21. The van der Waals surface area contributed by atoms with Gasteiger partial charge in [0, 0.05) is 30.8 Å². The van der Waals surface area contributed by atoms with E-state index in [-0.39, 0.29) is 42.5 Å². The van der Waals surface area contributed by atoms with E-state index >= 15 is 0 Å². The van der Waals surface area contributed by atoms with Crippen molar-refractivity contribution < 1.29 is 24.0 Å². The number of carbonyl (C=O) groups is 5. The van der Waals surface area contributed by atoms with Crippen LogP contribution in [0, 0.1) is 12.8 Å². The van der Waals surface area contributed by atoms with Gasteiger partial charge in [0.05, 0.1) is 6.54 Å². The van der Waals surface area contributed by atoms with Crippen LogP contribution in [0.15, 0.2) is 30.4 Å². The number of nitrogens with one attached hydrogen (secondary N) is 3. The van der Waals surface area contributed by atoms with Gasteiger partial charge in [-0.2, -0.15) is 0 Å². The largest absolute Gasteiger partial charge is 0.345 e. The molecular formula is C26H36N4O5. The Morgan fingerprint density at radius 1 is 0.971 bits per heavy atom. The van der Waals surface area contributed by atoms with Gasteiger partial charge in [-0.3, -0.25) is 28.9 Å². The van der Waals surface area contributed by atoms with E-state index in [0.717, 1.165) is 12.0 Å². The lowest BCUT2D eigenvalue weighted by Crippen LogP contribution is -2.51. The Morgan fingerprint density at radius 2 is 1.66 bits per heavy atom. The molecule has 1 unspecified atom stereocenters. The maximum atomic E-state index is 12.6. The predicted molar refractivity (Wildman–Crippen MR) is 133 cm³/mol. The zero-order valence-corrected chi connectivity index (χ0v) is 21.0. The first-order valence-corrected chi connectivity index (χ1v) is 12.1. The molecule has 1 aliphatic heterocycles. The minimum atomic E-state index is -0.757. The molecule has 0 fully saturated rings. The summed E-state index contributed by atoms with van der Waals surface area (Å²) >= 11 is 0. The molecular weight excluding hydrogens is 448 g/mol. The highest BCUT2D eigenvalue weighted by Crippen LogP contribution is 2.15. The molecule has 0 aliphatic carbocycles. The molecule has 0 bridgehead atoms. The highest BCUT2D eigenvalue weighted by Gasteiger charge is 2.25. The third kappa shape index (κ3) is 8.66. The van der Waals surface area contributed by atoms with Crippen molar-refractivity contribution >= 4 is 35.2 Å². The number of hydrogen-bond donors (Lipinski definition) is 3. The van der Waals surface area contributed by atoms with Gasteiger partial charge >= 0.3 is 0 Å². The normalized spacial score (nSPS) is 13.8. The van der Waals surface area contributed by atoms with Crippen molar-refractivity contribution in [2.45, 2.75) is 65.8 Å². The fourth-order valence-electron chi connectivity index (χ4n) is 3.82. The summed E-state index contributed by atoms with van der Waals surface area (Å²) in [5.41, 5.74) is 2.97. The number of benzene rings is 1. The Hall–Kier alpha value is -3.49. The summed E-state index contributed by atoms with van der Waals surface area (Å²) in [5, 5.41) is 8.12. The first kappa shape index (κ1) is 27.8. The van der Waals surface area contributed by atoms with E-state index in [0.29, 0.717) is 31.5 Å². The van der Waals surface area contributed by atoms with Crippen molar-refractivity contribution in [2.75, 3.05) is 18.4 Å².